The smallest absolute Gasteiger partial charge is 0.237 e. The van der Waals surface area contributed by atoms with Crippen molar-refractivity contribution in [3.05, 3.63) is 0 Å². The van der Waals surface area contributed by atoms with E-state index in [-0.39, 0.29) is 11.9 Å². The lowest BCUT2D eigenvalue weighted by atomic mass is 9.82. The maximum atomic E-state index is 11.7. The Morgan fingerprint density at radius 1 is 1.29 bits per heavy atom. The van der Waals surface area contributed by atoms with Crippen molar-refractivity contribution in [1.82, 2.24) is 10.2 Å². The second kappa shape index (κ2) is 7.59. The summed E-state index contributed by atoms with van der Waals surface area (Å²) < 4.78 is 0. The van der Waals surface area contributed by atoms with Crippen molar-refractivity contribution in [2.24, 2.45) is 11.1 Å². The van der Waals surface area contributed by atoms with E-state index in [1.807, 2.05) is 6.92 Å². The first-order valence-corrected chi connectivity index (χ1v) is 8.45. The molecule has 0 aliphatic carbocycles. The molecule has 1 aliphatic rings. The number of amides is 1. The highest BCUT2D eigenvalue weighted by Gasteiger charge is 2.31. The molecular formula is C17H35N3O. The number of piperidine rings is 1. The summed E-state index contributed by atoms with van der Waals surface area (Å²) in [5.74, 6) is -0.240. The van der Waals surface area contributed by atoms with Gasteiger partial charge >= 0.3 is 0 Å². The molecule has 1 heterocycles. The van der Waals surface area contributed by atoms with Gasteiger partial charge in [0.2, 0.25) is 5.91 Å². The Morgan fingerprint density at radius 2 is 1.86 bits per heavy atom. The van der Waals surface area contributed by atoms with Crippen LogP contribution < -0.4 is 11.1 Å². The molecule has 1 fully saturated rings. The number of hydrogen-bond acceptors (Lipinski definition) is 3. The Hall–Kier alpha value is -0.610. The average Bonchev–Trinajstić information content (AvgIpc) is 2.35. The van der Waals surface area contributed by atoms with Gasteiger partial charge in [0.15, 0.2) is 0 Å². The van der Waals surface area contributed by atoms with Gasteiger partial charge in [0.25, 0.3) is 0 Å². The summed E-state index contributed by atoms with van der Waals surface area (Å²) >= 11 is 0. The molecule has 1 saturated heterocycles. The summed E-state index contributed by atoms with van der Waals surface area (Å²) in [5.41, 5.74) is 5.51. The van der Waals surface area contributed by atoms with Crippen molar-refractivity contribution >= 4 is 5.91 Å². The summed E-state index contributed by atoms with van der Waals surface area (Å²) in [6.45, 7) is 14.3. The minimum Gasteiger partial charge on any atom is -0.368 e. The van der Waals surface area contributed by atoms with E-state index in [0.717, 1.165) is 25.8 Å². The fourth-order valence-corrected chi connectivity index (χ4v) is 3.10. The van der Waals surface area contributed by atoms with E-state index in [1.165, 1.54) is 25.9 Å². The summed E-state index contributed by atoms with van der Waals surface area (Å²) in [7, 11) is 0. The summed E-state index contributed by atoms with van der Waals surface area (Å²) in [4.78, 5) is 14.2. The van der Waals surface area contributed by atoms with Crippen LogP contribution in [0.4, 0.5) is 0 Å². The van der Waals surface area contributed by atoms with Gasteiger partial charge in [-0.3, -0.25) is 4.79 Å². The van der Waals surface area contributed by atoms with Gasteiger partial charge in [-0.25, -0.2) is 0 Å². The van der Waals surface area contributed by atoms with E-state index in [2.05, 4.69) is 37.9 Å². The van der Waals surface area contributed by atoms with Gasteiger partial charge < -0.3 is 16.0 Å². The van der Waals surface area contributed by atoms with Gasteiger partial charge in [0, 0.05) is 6.04 Å². The van der Waals surface area contributed by atoms with E-state index in [1.54, 1.807) is 0 Å². The molecule has 21 heavy (non-hydrogen) atoms. The van der Waals surface area contributed by atoms with Crippen LogP contribution in [-0.4, -0.2) is 42.0 Å². The number of nitrogens with zero attached hydrogens (tertiary/aromatic N) is 1. The Labute approximate surface area is 130 Å². The highest BCUT2D eigenvalue weighted by Crippen LogP contribution is 2.29. The van der Waals surface area contributed by atoms with Gasteiger partial charge in [0.1, 0.15) is 0 Å². The lowest BCUT2D eigenvalue weighted by Gasteiger charge is -2.37. The second-order valence-electron chi connectivity index (χ2n) is 7.96. The maximum absolute atomic E-state index is 11.7. The Morgan fingerprint density at radius 3 is 2.33 bits per heavy atom. The monoisotopic (exact) mass is 297 g/mol. The molecule has 0 bridgehead atoms. The van der Waals surface area contributed by atoms with Crippen molar-refractivity contribution in [3.8, 4) is 0 Å². The lowest BCUT2D eigenvalue weighted by Crippen LogP contribution is -2.55. The molecule has 0 spiro atoms. The molecule has 4 nitrogen and oxygen atoms in total. The molecular weight excluding hydrogens is 262 g/mol. The zero-order valence-corrected chi connectivity index (χ0v) is 14.7. The SMILES string of the molecule is CC(C)NC(C)(CCCCN1CCC(C)(C)CC1)C(N)=O. The zero-order valence-electron chi connectivity index (χ0n) is 14.7. The van der Waals surface area contributed by atoms with Crippen LogP contribution in [0.3, 0.4) is 0 Å². The number of unbranched alkanes of at least 4 members (excludes halogenated alkanes) is 1. The molecule has 3 N–H and O–H groups in total. The van der Waals surface area contributed by atoms with E-state index >= 15 is 0 Å². The minimum absolute atomic E-state index is 0.240. The number of nitrogens with one attached hydrogen (secondary N) is 1. The summed E-state index contributed by atoms with van der Waals surface area (Å²) in [5, 5.41) is 3.32. The van der Waals surface area contributed by atoms with Gasteiger partial charge in [-0.1, -0.05) is 13.8 Å². The fraction of sp³-hybridized carbons (Fsp3) is 0.941. The molecule has 1 aliphatic heterocycles. The number of likely N-dealkylation sites (tertiary alicyclic amines) is 1. The number of nitrogens with two attached hydrogens (primary N) is 1. The van der Waals surface area contributed by atoms with Crippen LogP contribution in [0.5, 0.6) is 0 Å². The molecule has 0 saturated carbocycles. The molecule has 0 aromatic heterocycles. The molecule has 1 unspecified atom stereocenters. The first-order valence-electron chi connectivity index (χ1n) is 8.45. The number of carbonyl (C=O) groups is 1. The van der Waals surface area contributed by atoms with E-state index < -0.39 is 5.54 Å². The van der Waals surface area contributed by atoms with E-state index in [4.69, 9.17) is 5.73 Å². The number of rotatable bonds is 8. The maximum Gasteiger partial charge on any atom is 0.237 e. The molecule has 1 amide bonds. The van der Waals surface area contributed by atoms with Crippen LogP contribution in [0.15, 0.2) is 0 Å². The van der Waals surface area contributed by atoms with Crippen LogP contribution >= 0.6 is 0 Å². The van der Waals surface area contributed by atoms with Gasteiger partial charge in [0.05, 0.1) is 5.54 Å². The first kappa shape index (κ1) is 18.4. The van der Waals surface area contributed by atoms with Crippen molar-refractivity contribution in [2.75, 3.05) is 19.6 Å². The molecule has 124 valence electrons. The average molecular weight is 297 g/mol. The van der Waals surface area contributed by atoms with Crippen LogP contribution in [0, 0.1) is 5.41 Å². The molecule has 0 radical (unpaired) electrons. The van der Waals surface area contributed by atoms with Crippen molar-refractivity contribution in [1.29, 1.82) is 0 Å². The predicted octanol–water partition coefficient (Wildman–Crippen LogP) is 2.52. The second-order valence-corrected chi connectivity index (χ2v) is 7.96. The van der Waals surface area contributed by atoms with Crippen molar-refractivity contribution in [3.63, 3.8) is 0 Å². The summed E-state index contributed by atoms with van der Waals surface area (Å²) in [6, 6.07) is 0.270. The first-order chi connectivity index (χ1) is 9.65. The zero-order chi connectivity index (χ0) is 16.1. The van der Waals surface area contributed by atoms with Crippen molar-refractivity contribution < 1.29 is 4.79 Å². The predicted molar refractivity (Wildman–Crippen MR) is 89.2 cm³/mol. The Kier molecular flexibility index (Phi) is 6.67. The summed E-state index contributed by atoms with van der Waals surface area (Å²) in [6.07, 6.45) is 5.59. The lowest BCUT2D eigenvalue weighted by molar-refractivity contribution is -0.124. The number of primary amides is 1. The number of hydrogen-bond donors (Lipinski definition) is 2. The van der Waals surface area contributed by atoms with Gasteiger partial charge in [-0.15, -0.1) is 0 Å². The third-order valence-electron chi connectivity index (χ3n) is 4.76. The highest BCUT2D eigenvalue weighted by molar-refractivity contribution is 5.84. The molecule has 1 atom stereocenters. The van der Waals surface area contributed by atoms with Crippen LogP contribution in [0.2, 0.25) is 0 Å². The molecule has 1 rings (SSSR count). The third-order valence-corrected chi connectivity index (χ3v) is 4.76. The standard InChI is InChI=1S/C17H35N3O/c1-14(2)19-17(5,15(18)21)8-6-7-11-20-12-9-16(3,4)10-13-20/h14,19H,6-13H2,1-5H3,(H2,18,21). The van der Waals surface area contributed by atoms with Crippen molar-refractivity contribution in [2.45, 2.75) is 78.3 Å². The quantitative estimate of drug-likeness (QED) is 0.677. The topological polar surface area (TPSA) is 58.4 Å². The largest absolute Gasteiger partial charge is 0.368 e. The highest BCUT2D eigenvalue weighted by atomic mass is 16.1. The van der Waals surface area contributed by atoms with E-state index in [9.17, 15) is 4.79 Å². The van der Waals surface area contributed by atoms with E-state index in [0.29, 0.717) is 5.41 Å². The fourth-order valence-electron chi connectivity index (χ4n) is 3.10. The molecule has 0 aromatic rings. The van der Waals surface area contributed by atoms with Crippen LogP contribution in [0.1, 0.15) is 66.7 Å². The Bertz CT molecular complexity index is 331. The van der Waals surface area contributed by atoms with Crippen LogP contribution in [-0.2, 0) is 4.79 Å². The molecule has 4 heteroatoms. The molecule has 0 aromatic carbocycles. The third kappa shape index (κ3) is 6.35. The Balaban J connectivity index is 2.27. The minimum atomic E-state index is -0.571. The normalized spacial score (nSPS) is 22.2. The van der Waals surface area contributed by atoms with Crippen LogP contribution in [0.25, 0.3) is 0 Å². The number of carbonyl (C=O) groups excluding carboxylic acids is 1. The van der Waals surface area contributed by atoms with Gasteiger partial charge in [-0.2, -0.15) is 0 Å². The van der Waals surface area contributed by atoms with Gasteiger partial charge in [-0.05, 0) is 77.9 Å².